The molecular formula is C38H42N5O7+. The van der Waals surface area contributed by atoms with Crippen molar-refractivity contribution < 1.29 is 38.0 Å². The van der Waals surface area contributed by atoms with Crippen LogP contribution in [0.5, 0.6) is 0 Å². The fourth-order valence-corrected chi connectivity index (χ4v) is 5.88. The van der Waals surface area contributed by atoms with E-state index in [-0.39, 0.29) is 37.0 Å². The summed E-state index contributed by atoms with van der Waals surface area (Å²) in [4.78, 5) is 75.1. The molecule has 2 aliphatic heterocycles. The third-order valence-electron chi connectivity index (χ3n) is 8.36. The van der Waals surface area contributed by atoms with Gasteiger partial charge in [-0.3, -0.25) is 29.0 Å². The molecule has 0 bridgehead atoms. The number of hydrogen-bond donors (Lipinski definition) is 1. The fraction of sp³-hybridized carbons (Fsp3) is 0.342. The molecule has 1 aromatic heterocycles. The molecule has 2 aromatic carbocycles. The number of methoxy groups -OCH3 is 1. The number of carbonyl (C=O) groups excluding carboxylic acids is 5. The van der Waals surface area contributed by atoms with Gasteiger partial charge in [-0.05, 0) is 37.0 Å². The number of ketones is 1. The van der Waals surface area contributed by atoms with Crippen LogP contribution < -0.4 is 9.88 Å². The molecule has 0 saturated carbocycles. The van der Waals surface area contributed by atoms with Gasteiger partial charge in [0, 0.05) is 18.7 Å². The highest BCUT2D eigenvalue weighted by Crippen LogP contribution is 2.31. The van der Waals surface area contributed by atoms with Gasteiger partial charge in [0.25, 0.3) is 17.7 Å². The van der Waals surface area contributed by atoms with Crippen molar-refractivity contribution in [1.82, 2.24) is 15.1 Å². The van der Waals surface area contributed by atoms with Gasteiger partial charge in [0.1, 0.15) is 30.8 Å². The number of amides is 3. The lowest BCUT2D eigenvalue weighted by Crippen LogP contribution is -2.57. The number of nitrogens with one attached hydrogen (secondary N) is 1. The van der Waals surface area contributed by atoms with Crippen molar-refractivity contribution in [3.05, 3.63) is 108 Å². The van der Waals surface area contributed by atoms with Crippen molar-refractivity contribution in [2.75, 3.05) is 20.3 Å². The standard InChI is InChI=1S/C38H41N5O7/c1-25(2)33-37(48)42(22-31(44)39-29(19-26-13-8-6-9-14-26)34(46)35-40-38(3,4)24-50-35)30(27-15-10-7-11-16-27)21-43(33)36(47)28-17-12-18-41(20-28)23-32(45)49-5/h6-18,20-21,25,29,33H,19,22-24H2,1-5H3/p+1/t29-,33+/m0/s1. The summed E-state index contributed by atoms with van der Waals surface area (Å²) in [6.07, 6.45) is 4.95. The molecule has 3 aromatic rings. The Hall–Kier alpha value is -5.65. The minimum Gasteiger partial charge on any atom is -0.473 e. The summed E-state index contributed by atoms with van der Waals surface area (Å²) in [6, 6.07) is 19.6. The van der Waals surface area contributed by atoms with E-state index in [9.17, 15) is 24.0 Å². The normalized spacial score (nSPS) is 17.4. The maximum atomic E-state index is 14.4. The van der Waals surface area contributed by atoms with Crippen LogP contribution in [0.25, 0.3) is 5.70 Å². The zero-order valence-electron chi connectivity index (χ0n) is 28.9. The summed E-state index contributed by atoms with van der Waals surface area (Å²) < 4.78 is 11.9. The molecule has 260 valence electrons. The van der Waals surface area contributed by atoms with E-state index in [4.69, 9.17) is 9.47 Å². The molecule has 5 rings (SSSR count). The van der Waals surface area contributed by atoms with E-state index < -0.39 is 53.6 Å². The van der Waals surface area contributed by atoms with E-state index >= 15 is 0 Å². The molecule has 1 N–H and O–H groups in total. The highest BCUT2D eigenvalue weighted by molar-refractivity contribution is 6.39. The minimum absolute atomic E-state index is 0.0435. The molecule has 0 saturated heterocycles. The number of ether oxygens (including phenoxy) is 2. The summed E-state index contributed by atoms with van der Waals surface area (Å²) in [5, 5.41) is 2.85. The second kappa shape index (κ2) is 15.3. The number of hydrogen-bond acceptors (Lipinski definition) is 8. The lowest BCUT2D eigenvalue weighted by Gasteiger charge is -2.41. The first-order valence-corrected chi connectivity index (χ1v) is 16.4. The van der Waals surface area contributed by atoms with Gasteiger partial charge in [0.05, 0.1) is 18.3 Å². The second-order valence-corrected chi connectivity index (χ2v) is 13.2. The summed E-state index contributed by atoms with van der Waals surface area (Å²) in [7, 11) is 1.28. The lowest BCUT2D eigenvalue weighted by atomic mass is 9.96. The Bertz CT molecular complexity index is 1820. The maximum Gasteiger partial charge on any atom is 0.372 e. The van der Waals surface area contributed by atoms with Crippen LogP contribution >= 0.6 is 0 Å². The van der Waals surface area contributed by atoms with Crippen LogP contribution in [-0.2, 0) is 41.6 Å². The number of pyridine rings is 1. The van der Waals surface area contributed by atoms with E-state index in [2.05, 4.69) is 10.3 Å². The molecule has 0 radical (unpaired) electrons. The smallest absolute Gasteiger partial charge is 0.372 e. The second-order valence-electron chi connectivity index (χ2n) is 13.2. The molecule has 0 aliphatic carbocycles. The molecular weight excluding hydrogens is 638 g/mol. The van der Waals surface area contributed by atoms with Crippen LogP contribution in [0.3, 0.4) is 0 Å². The van der Waals surface area contributed by atoms with E-state index in [0.717, 1.165) is 5.56 Å². The maximum absolute atomic E-state index is 14.4. The van der Waals surface area contributed by atoms with Gasteiger partial charge in [-0.1, -0.05) is 74.5 Å². The molecule has 0 fully saturated rings. The van der Waals surface area contributed by atoms with Crippen molar-refractivity contribution >= 4 is 41.1 Å². The molecule has 2 aliphatic rings. The van der Waals surface area contributed by atoms with Gasteiger partial charge in [-0.15, -0.1) is 0 Å². The Balaban J connectivity index is 1.47. The summed E-state index contributed by atoms with van der Waals surface area (Å²) in [5.74, 6) is -2.81. The molecule has 0 unspecified atom stereocenters. The number of esters is 1. The first-order valence-electron chi connectivity index (χ1n) is 16.4. The van der Waals surface area contributed by atoms with Gasteiger partial charge in [0.15, 0.2) is 12.4 Å². The van der Waals surface area contributed by atoms with Crippen molar-refractivity contribution in [2.45, 2.75) is 58.3 Å². The SMILES string of the molecule is COC(=O)C[n+]1cccc(C(=O)N2C=C(c3ccccc3)N(CC(=O)N[C@@H](Cc3ccccc3)C(=O)C3=NC(C)(C)CO3)C(=O)[C@H]2C(C)C)c1. The van der Waals surface area contributed by atoms with Crippen LogP contribution in [0, 0.1) is 5.92 Å². The number of aliphatic imine (C=N–C) groups is 1. The average molecular weight is 681 g/mol. The largest absolute Gasteiger partial charge is 0.473 e. The van der Waals surface area contributed by atoms with E-state index in [0.29, 0.717) is 11.3 Å². The highest BCUT2D eigenvalue weighted by atomic mass is 16.5. The third-order valence-corrected chi connectivity index (χ3v) is 8.36. The van der Waals surface area contributed by atoms with Gasteiger partial charge in [0.2, 0.25) is 18.2 Å². The predicted molar refractivity (Wildman–Crippen MR) is 184 cm³/mol. The van der Waals surface area contributed by atoms with Gasteiger partial charge in [-0.25, -0.2) is 9.79 Å². The quantitative estimate of drug-likeness (QED) is 0.229. The Labute approximate surface area is 291 Å². The van der Waals surface area contributed by atoms with Crippen LogP contribution in [-0.4, -0.2) is 83.1 Å². The predicted octanol–water partition coefficient (Wildman–Crippen LogP) is 2.96. The average Bonchev–Trinajstić information content (AvgIpc) is 3.47. The number of carbonyl (C=O) groups is 5. The van der Waals surface area contributed by atoms with Crippen molar-refractivity contribution in [1.29, 1.82) is 0 Å². The molecule has 3 amide bonds. The fourth-order valence-electron chi connectivity index (χ4n) is 5.88. The number of aromatic nitrogens is 1. The van der Waals surface area contributed by atoms with Gasteiger partial charge >= 0.3 is 5.97 Å². The topological polar surface area (TPSA) is 139 Å². The summed E-state index contributed by atoms with van der Waals surface area (Å²) in [5.41, 5.74) is 1.46. The third kappa shape index (κ3) is 8.31. The zero-order chi connectivity index (χ0) is 36.0. The Kier molecular flexibility index (Phi) is 10.9. The monoisotopic (exact) mass is 680 g/mol. The first-order chi connectivity index (χ1) is 23.9. The van der Waals surface area contributed by atoms with E-state index in [1.807, 2.05) is 64.1 Å². The Morgan fingerprint density at radius 3 is 2.32 bits per heavy atom. The van der Waals surface area contributed by atoms with Crippen molar-refractivity contribution in [3.8, 4) is 0 Å². The lowest BCUT2D eigenvalue weighted by molar-refractivity contribution is -0.686. The molecule has 2 atom stereocenters. The van der Waals surface area contributed by atoms with Gasteiger partial charge < -0.3 is 14.8 Å². The molecule has 0 spiro atoms. The summed E-state index contributed by atoms with van der Waals surface area (Å²) in [6.45, 7) is 7.10. The molecule has 12 nitrogen and oxygen atoms in total. The highest BCUT2D eigenvalue weighted by Gasteiger charge is 2.42. The van der Waals surface area contributed by atoms with Crippen LogP contribution in [0.15, 0.2) is 96.4 Å². The van der Waals surface area contributed by atoms with Crippen LogP contribution in [0.2, 0.25) is 0 Å². The number of rotatable bonds is 12. The van der Waals surface area contributed by atoms with Crippen LogP contribution in [0.1, 0.15) is 49.2 Å². The Morgan fingerprint density at radius 1 is 1.02 bits per heavy atom. The minimum atomic E-state index is -1.00. The van der Waals surface area contributed by atoms with Crippen molar-refractivity contribution in [2.24, 2.45) is 10.9 Å². The van der Waals surface area contributed by atoms with E-state index in [1.165, 1.54) is 27.7 Å². The zero-order valence-corrected chi connectivity index (χ0v) is 28.9. The Morgan fingerprint density at radius 2 is 1.70 bits per heavy atom. The van der Waals surface area contributed by atoms with Gasteiger partial charge in [-0.2, -0.15) is 4.57 Å². The number of benzene rings is 2. The van der Waals surface area contributed by atoms with Crippen molar-refractivity contribution in [3.63, 3.8) is 0 Å². The van der Waals surface area contributed by atoms with Crippen LogP contribution in [0.4, 0.5) is 0 Å². The first kappa shape index (κ1) is 35.7. The molecule has 50 heavy (non-hydrogen) atoms. The number of nitrogens with zero attached hydrogens (tertiary/aromatic N) is 4. The molecule has 3 heterocycles. The summed E-state index contributed by atoms with van der Waals surface area (Å²) >= 11 is 0. The van der Waals surface area contributed by atoms with E-state index in [1.54, 1.807) is 48.8 Å². The molecule has 12 heteroatoms. The number of Topliss-reactive ketones (excluding diaryl/α,β-unsaturated/α-hetero) is 1.